The molecule has 0 aliphatic rings. The summed E-state index contributed by atoms with van der Waals surface area (Å²) in [5.41, 5.74) is 1.81. The molecule has 0 atom stereocenters. The van der Waals surface area contributed by atoms with E-state index >= 15 is 0 Å². The van der Waals surface area contributed by atoms with E-state index in [0.29, 0.717) is 34.1 Å². The van der Waals surface area contributed by atoms with E-state index in [-0.39, 0.29) is 149 Å². The summed E-state index contributed by atoms with van der Waals surface area (Å²) in [7, 11) is -8.55. The van der Waals surface area contributed by atoms with Crippen LogP contribution in [0.15, 0.2) is 249 Å². The van der Waals surface area contributed by atoms with Gasteiger partial charge in [0.15, 0.2) is 0 Å². The molecular weight excluding hydrogens is 1160 g/mol. The van der Waals surface area contributed by atoms with Gasteiger partial charge >= 0.3 is 105 Å². The minimum absolute atomic E-state index is 0. The van der Waals surface area contributed by atoms with E-state index in [1.54, 1.807) is 12.1 Å². The van der Waals surface area contributed by atoms with Gasteiger partial charge in [-0.3, -0.25) is 9.44 Å². The molecule has 0 heterocycles. The fourth-order valence-electron chi connectivity index (χ4n) is 7.76. The van der Waals surface area contributed by atoms with Crippen molar-refractivity contribution in [2.75, 3.05) is 9.44 Å². The van der Waals surface area contributed by atoms with Gasteiger partial charge in [-0.15, -0.1) is 22.7 Å². The summed E-state index contributed by atoms with van der Waals surface area (Å²) in [5, 5.41) is 77.4. The Morgan fingerprint density at radius 3 is 1.12 bits per heavy atom. The number of anilines is 2. The number of azo groups is 2. The van der Waals surface area contributed by atoms with Gasteiger partial charge in [0, 0.05) is 21.9 Å². The number of carboxylic acid groups (broad SMARTS) is 2. The van der Waals surface area contributed by atoms with E-state index in [1.807, 2.05) is 121 Å². The molecule has 10 aromatic rings. The molecule has 0 unspecified atom stereocenters. The van der Waals surface area contributed by atoms with Gasteiger partial charge in [0.05, 0.1) is 55.9 Å². The number of nitrogens with zero attached hydrogens (tertiary/aromatic N) is 6. The molecule has 0 aromatic heterocycles. The Labute approximate surface area is 548 Å². The van der Waals surface area contributed by atoms with Crippen molar-refractivity contribution < 1.29 is 152 Å². The van der Waals surface area contributed by atoms with Crippen molar-refractivity contribution in [1.82, 2.24) is 0 Å². The second-order valence-corrected chi connectivity index (χ2v) is 20.1. The summed E-state index contributed by atoms with van der Waals surface area (Å²) >= 11 is 0. The van der Waals surface area contributed by atoms with Crippen LogP contribution in [0.4, 0.5) is 56.9 Å². The molecule has 0 aliphatic heterocycles. The Bertz CT molecular complexity index is 3940. The number of carbonyl (C=O) groups is 2. The van der Waals surface area contributed by atoms with Gasteiger partial charge in [0.1, 0.15) is 0 Å². The van der Waals surface area contributed by atoms with Gasteiger partial charge in [-0.1, -0.05) is 193 Å². The zero-order valence-corrected chi connectivity index (χ0v) is 52.4. The number of fused-ring (bicyclic) bond motifs is 2. The minimum atomic E-state index is -4.28. The number of carbonyl (C=O) groups excluding carboxylic acids is 2. The van der Waals surface area contributed by atoms with Crippen LogP contribution in [0.1, 0.15) is 20.7 Å². The maximum atomic E-state index is 13.0. The van der Waals surface area contributed by atoms with E-state index in [0.717, 1.165) is 57.9 Å². The molecule has 0 saturated carbocycles. The Hall–Kier alpha value is -6.93. The standard InChI is InChI=1S/2C29H22N4O5S.Co.3Na/c2*34-27-17-15-21(39(37,38)33-24-13-7-6-12-23(24)29(35)36)18-26(27)31-32-28-22-11-5-4-8-19(22)14-16-25(28)30-20-9-2-1-3-10-20;;;;/h2*1-18,33H,(H3,30,31,32,34,35,36);;;;/q;;+3;3*+1/p-6. The first-order valence-corrected chi connectivity index (χ1v) is 26.3. The zero-order chi connectivity index (χ0) is 54.8. The molecule has 0 radical (unpaired) electrons. The van der Waals surface area contributed by atoms with Gasteiger partial charge < -0.3 is 40.6 Å². The second-order valence-electron chi connectivity index (χ2n) is 16.7. The molecule has 10 aromatic carbocycles. The van der Waals surface area contributed by atoms with Crippen LogP contribution in [-0.2, 0) is 36.8 Å². The number of para-hydroxylation sites is 4. The normalized spacial score (nSPS) is 10.9. The largest absolute Gasteiger partial charge is 3.00 e. The third kappa shape index (κ3) is 16.2. The number of hydrogen-bond donors (Lipinski definition) is 2. The van der Waals surface area contributed by atoms with Crippen LogP contribution < -0.4 is 119 Å². The maximum Gasteiger partial charge on any atom is 3.00 e. The van der Waals surface area contributed by atoms with Crippen molar-refractivity contribution in [2.45, 2.75) is 9.79 Å². The average molecular weight is 1200 g/mol. The number of carboxylic acids is 2. The van der Waals surface area contributed by atoms with Gasteiger partial charge in [-0.25, -0.2) is 16.8 Å². The summed E-state index contributed by atoms with van der Waals surface area (Å²) in [4.78, 5) is 22.2. The van der Waals surface area contributed by atoms with Gasteiger partial charge in [-0.2, -0.15) is 20.5 Å². The van der Waals surface area contributed by atoms with Crippen LogP contribution in [0.5, 0.6) is 11.5 Å². The Kier molecular flexibility index (Phi) is 24.0. The summed E-state index contributed by atoms with van der Waals surface area (Å²) < 4.78 is 56.6. The molecule has 24 heteroatoms. The first-order chi connectivity index (χ1) is 37.6. The zero-order valence-electron chi connectivity index (χ0n) is 43.7. The van der Waals surface area contributed by atoms with Crippen molar-refractivity contribution in [1.29, 1.82) is 0 Å². The van der Waals surface area contributed by atoms with Crippen LogP contribution in [-0.4, -0.2) is 28.8 Å². The number of hydrogen-bond acceptors (Lipinski definition) is 14. The number of aromatic carboxylic acids is 2. The molecule has 10 rings (SSSR count). The predicted octanol–water partition coefficient (Wildman–Crippen LogP) is 2.67. The van der Waals surface area contributed by atoms with Crippen molar-refractivity contribution >= 4 is 110 Å². The van der Waals surface area contributed by atoms with E-state index < -0.39 is 43.5 Å². The number of benzene rings is 10. The molecule has 0 saturated heterocycles. The third-order valence-corrected chi connectivity index (χ3v) is 14.3. The number of rotatable bonds is 16. The summed E-state index contributed by atoms with van der Waals surface area (Å²) in [5.74, 6) is -4.17. The summed E-state index contributed by atoms with van der Waals surface area (Å²) in [6, 6.07) is 58.3. The molecule has 394 valence electrons. The van der Waals surface area contributed by atoms with Crippen LogP contribution in [0.25, 0.3) is 32.2 Å². The second kappa shape index (κ2) is 29.9. The van der Waals surface area contributed by atoms with E-state index in [1.165, 1.54) is 48.5 Å². The molecule has 2 N–H and O–H groups in total. The number of nitrogens with one attached hydrogen (secondary N) is 2. The fraction of sp³-hybridized carbons (Fsp3) is 0. The molecule has 0 bridgehead atoms. The number of sulfonamides is 2. The van der Waals surface area contributed by atoms with Gasteiger partial charge in [0.2, 0.25) is 0 Å². The summed E-state index contributed by atoms with van der Waals surface area (Å²) in [6.45, 7) is 0. The van der Waals surface area contributed by atoms with Crippen molar-refractivity contribution in [2.24, 2.45) is 20.5 Å². The van der Waals surface area contributed by atoms with Gasteiger partial charge in [-0.05, 0) is 47.2 Å². The fourth-order valence-corrected chi connectivity index (χ4v) is 9.96. The molecule has 0 aliphatic carbocycles. The van der Waals surface area contributed by atoms with Crippen LogP contribution >= 0.6 is 0 Å². The van der Waals surface area contributed by atoms with E-state index in [9.17, 15) is 46.9 Å². The van der Waals surface area contributed by atoms with E-state index in [2.05, 4.69) is 40.5 Å². The molecule has 82 heavy (non-hydrogen) atoms. The first-order valence-electron chi connectivity index (χ1n) is 23.3. The predicted molar refractivity (Wildman–Crippen MR) is 289 cm³/mol. The van der Waals surface area contributed by atoms with Crippen molar-refractivity contribution in [3.05, 3.63) is 240 Å². The van der Waals surface area contributed by atoms with Crippen LogP contribution in [0, 0.1) is 0 Å². The van der Waals surface area contributed by atoms with Crippen molar-refractivity contribution in [3.8, 4) is 11.5 Å². The minimum Gasteiger partial charge on any atom is -0.871 e. The molecule has 0 amide bonds. The Balaban J connectivity index is 0.000000287. The molecular formula is C58H38CoN8Na3O10S2. The third-order valence-electron chi connectivity index (χ3n) is 11.5. The Morgan fingerprint density at radius 2 is 0.744 bits per heavy atom. The first kappa shape index (κ1) is 65.9. The molecule has 0 spiro atoms. The topological polar surface area (TPSA) is 296 Å². The van der Waals surface area contributed by atoms with Crippen LogP contribution in [0.2, 0.25) is 0 Å². The SMILES string of the molecule is O=C([O-])c1ccccc1NS(=O)(=O)c1ccc([O-])c(N=Nc2c([N-]c3ccccc3)ccc3ccccc23)c1.O=C([O-])c1ccccc1NS(=O)(=O)c1ccc([O-])c(N=Nc2c([N-]c3ccccc3)ccc3ccccc23)c1.[Co+3].[Na+].[Na+].[Na+]. The summed E-state index contributed by atoms with van der Waals surface area (Å²) in [6.07, 6.45) is 0. The monoisotopic (exact) mass is 1200 g/mol. The van der Waals surface area contributed by atoms with Gasteiger partial charge in [0.25, 0.3) is 20.0 Å². The quantitative estimate of drug-likeness (QED) is 0.105. The smallest absolute Gasteiger partial charge is 0.871 e. The molecule has 0 fully saturated rings. The van der Waals surface area contributed by atoms with E-state index in [4.69, 9.17) is 0 Å². The average Bonchev–Trinajstić information content (AvgIpc) is 3.60. The van der Waals surface area contributed by atoms with Crippen LogP contribution in [0.3, 0.4) is 0 Å². The van der Waals surface area contributed by atoms with Crippen molar-refractivity contribution in [3.63, 3.8) is 0 Å². The molecule has 18 nitrogen and oxygen atoms in total. The Morgan fingerprint density at radius 1 is 0.402 bits per heavy atom. The maximum absolute atomic E-state index is 13.0.